The molecule has 0 saturated carbocycles. The van der Waals surface area contributed by atoms with Gasteiger partial charge in [-0.2, -0.15) is 4.31 Å². The summed E-state index contributed by atoms with van der Waals surface area (Å²) in [5.41, 5.74) is 7.00. The van der Waals surface area contributed by atoms with Gasteiger partial charge in [0.1, 0.15) is 12.8 Å². The Balaban J connectivity index is 1.87. The first-order chi connectivity index (χ1) is 13.8. The van der Waals surface area contributed by atoms with Gasteiger partial charge in [-0.1, -0.05) is 18.6 Å². The van der Waals surface area contributed by atoms with E-state index in [4.69, 9.17) is 15.8 Å². The van der Waals surface area contributed by atoms with Gasteiger partial charge in [-0.25, -0.2) is 18.2 Å². The number of nitrogens with one attached hydrogen (secondary N) is 1. The number of benzene rings is 1. The van der Waals surface area contributed by atoms with Crippen molar-refractivity contribution in [2.45, 2.75) is 30.5 Å². The molecule has 0 radical (unpaired) electrons. The maximum Gasteiger partial charge on any atom is 0.443 e. The molecule has 1 atom stereocenters. The van der Waals surface area contributed by atoms with Gasteiger partial charge in [-0.15, -0.1) is 5.06 Å². The van der Waals surface area contributed by atoms with Crippen LogP contribution in [0.4, 0.5) is 4.79 Å². The molecule has 1 aliphatic heterocycles. The van der Waals surface area contributed by atoms with E-state index < -0.39 is 28.7 Å². The molecule has 0 bridgehead atoms. The van der Waals surface area contributed by atoms with Crippen LogP contribution in [0.3, 0.4) is 0 Å². The Morgan fingerprint density at radius 1 is 1.45 bits per heavy atom. The number of imidazole rings is 1. The van der Waals surface area contributed by atoms with Gasteiger partial charge in [-0.3, -0.25) is 4.94 Å². The molecule has 0 spiro atoms. The quantitative estimate of drug-likeness (QED) is 0.249. The van der Waals surface area contributed by atoms with E-state index in [9.17, 15) is 18.0 Å². The lowest BCUT2D eigenvalue weighted by Crippen LogP contribution is -2.51. The van der Waals surface area contributed by atoms with Crippen LogP contribution in [0.5, 0.6) is 0 Å². The number of fused-ring (bicyclic) bond motifs is 1. The van der Waals surface area contributed by atoms with Gasteiger partial charge in [0.15, 0.2) is 5.84 Å². The molecule has 29 heavy (non-hydrogen) atoms. The van der Waals surface area contributed by atoms with E-state index in [1.165, 1.54) is 4.31 Å². The predicted molar refractivity (Wildman–Crippen MR) is 101 cm³/mol. The molecule has 4 N–H and O–H groups in total. The lowest BCUT2D eigenvalue weighted by molar-refractivity contribution is -0.140. The normalized spacial score (nSPS) is 18.5. The molecule has 1 aliphatic rings. The number of hydrogen-bond acceptors (Lipinski definition) is 7. The van der Waals surface area contributed by atoms with Crippen molar-refractivity contribution in [2.24, 2.45) is 10.9 Å². The van der Waals surface area contributed by atoms with E-state index in [2.05, 4.69) is 15.1 Å². The van der Waals surface area contributed by atoms with Crippen molar-refractivity contribution >= 4 is 39.3 Å². The number of amidine groups is 1. The molecular formula is C16H20N6O6S. The lowest BCUT2D eigenvalue weighted by Gasteiger charge is -2.33. The number of oxime groups is 1. The van der Waals surface area contributed by atoms with E-state index >= 15 is 0 Å². The number of H-pyrrole nitrogens is 1. The SMILES string of the molecule is NC(=NON(CC=O)C(=O)O)C1CCCCN1S(=O)(=O)c1nc2ccccc2[nH]1. The largest absolute Gasteiger partial charge is 0.463 e. The minimum absolute atomic E-state index is 0.192. The fourth-order valence-electron chi connectivity index (χ4n) is 3.02. The van der Waals surface area contributed by atoms with Crippen LogP contribution in [0.2, 0.25) is 0 Å². The number of amides is 1. The van der Waals surface area contributed by atoms with Gasteiger partial charge in [0.25, 0.3) is 10.0 Å². The average Bonchev–Trinajstić information content (AvgIpc) is 3.16. The highest BCUT2D eigenvalue weighted by atomic mass is 32.2. The summed E-state index contributed by atoms with van der Waals surface area (Å²) < 4.78 is 27.5. The van der Waals surface area contributed by atoms with Crippen molar-refractivity contribution in [1.82, 2.24) is 19.3 Å². The molecule has 13 heteroatoms. The molecule has 1 aromatic heterocycles. The number of para-hydroxylation sites is 2. The molecule has 2 aromatic rings. The maximum atomic E-state index is 13.2. The van der Waals surface area contributed by atoms with E-state index in [0.29, 0.717) is 36.6 Å². The Morgan fingerprint density at radius 2 is 2.21 bits per heavy atom. The van der Waals surface area contributed by atoms with Crippen LogP contribution < -0.4 is 5.73 Å². The van der Waals surface area contributed by atoms with E-state index in [-0.39, 0.29) is 22.6 Å². The first-order valence-electron chi connectivity index (χ1n) is 8.75. The van der Waals surface area contributed by atoms with Crippen LogP contribution in [-0.2, 0) is 19.8 Å². The second-order valence-corrected chi connectivity index (χ2v) is 8.10. The van der Waals surface area contributed by atoms with Gasteiger partial charge in [0.05, 0.1) is 17.1 Å². The number of aldehydes is 1. The molecule has 0 aliphatic carbocycles. The summed E-state index contributed by atoms with van der Waals surface area (Å²) in [7, 11) is -4.02. The second kappa shape index (κ2) is 8.45. The Labute approximate surface area is 165 Å². The molecule has 156 valence electrons. The minimum Gasteiger partial charge on any atom is -0.463 e. The summed E-state index contributed by atoms with van der Waals surface area (Å²) in [6.45, 7) is -0.380. The molecule has 3 rings (SSSR count). The molecule has 1 amide bonds. The van der Waals surface area contributed by atoms with E-state index in [0.717, 1.165) is 0 Å². The molecular weight excluding hydrogens is 404 g/mol. The highest BCUT2D eigenvalue weighted by Crippen LogP contribution is 2.25. The van der Waals surface area contributed by atoms with Crippen molar-refractivity contribution in [3.8, 4) is 0 Å². The summed E-state index contributed by atoms with van der Waals surface area (Å²) in [6.07, 6.45) is 0.474. The van der Waals surface area contributed by atoms with Crippen LogP contribution >= 0.6 is 0 Å². The van der Waals surface area contributed by atoms with Crippen molar-refractivity contribution in [3.05, 3.63) is 24.3 Å². The lowest BCUT2D eigenvalue weighted by atomic mass is 10.0. The van der Waals surface area contributed by atoms with Crippen molar-refractivity contribution in [3.63, 3.8) is 0 Å². The summed E-state index contributed by atoms with van der Waals surface area (Å²) in [5.74, 6) is -0.221. The molecule has 2 heterocycles. The van der Waals surface area contributed by atoms with Crippen LogP contribution in [0.1, 0.15) is 19.3 Å². The highest BCUT2D eigenvalue weighted by molar-refractivity contribution is 7.89. The maximum absolute atomic E-state index is 13.2. The fourth-order valence-corrected chi connectivity index (χ4v) is 4.61. The van der Waals surface area contributed by atoms with Crippen LogP contribution in [-0.4, -0.2) is 70.2 Å². The third-order valence-electron chi connectivity index (χ3n) is 4.41. The molecule has 1 saturated heterocycles. The third kappa shape index (κ3) is 4.30. The zero-order valence-electron chi connectivity index (χ0n) is 15.3. The first-order valence-corrected chi connectivity index (χ1v) is 10.2. The number of nitrogens with two attached hydrogens (primary N) is 1. The van der Waals surface area contributed by atoms with E-state index in [1.807, 2.05) is 0 Å². The fraction of sp³-hybridized carbons (Fsp3) is 0.375. The molecule has 1 aromatic carbocycles. The van der Waals surface area contributed by atoms with Crippen molar-refractivity contribution in [2.75, 3.05) is 13.1 Å². The highest BCUT2D eigenvalue weighted by Gasteiger charge is 2.38. The summed E-state index contributed by atoms with van der Waals surface area (Å²) in [5, 5.41) is 12.5. The third-order valence-corrected chi connectivity index (χ3v) is 6.15. The Morgan fingerprint density at radius 3 is 2.90 bits per heavy atom. The Kier molecular flexibility index (Phi) is 5.98. The smallest absolute Gasteiger partial charge is 0.443 e. The van der Waals surface area contributed by atoms with Gasteiger partial charge < -0.3 is 20.6 Å². The second-order valence-electron chi connectivity index (χ2n) is 6.29. The number of carboxylic acid groups (broad SMARTS) is 1. The average molecular weight is 424 g/mol. The number of carbonyl (C=O) groups excluding carboxylic acids is 1. The van der Waals surface area contributed by atoms with Crippen molar-refractivity contribution < 1.29 is 28.1 Å². The van der Waals surface area contributed by atoms with Crippen molar-refractivity contribution in [1.29, 1.82) is 0 Å². The topological polar surface area (TPSA) is 171 Å². The summed E-state index contributed by atoms with van der Waals surface area (Å²) in [4.78, 5) is 33.1. The molecule has 1 fully saturated rings. The summed E-state index contributed by atoms with van der Waals surface area (Å²) in [6, 6.07) is 6.07. The monoisotopic (exact) mass is 424 g/mol. The van der Waals surface area contributed by atoms with Crippen LogP contribution in [0, 0.1) is 0 Å². The van der Waals surface area contributed by atoms with E-state index in [1.54, 1.807) is 24.3 Å². The van der Waals surface area contributed by atoms with Gasteiger partial charge >= 0.3 is 6.09 Å². The van der Waals surface area contributed by atoms with Crippen LogP contribution in [0.25, 0.3) is 11.0 Å². The number of carbonyl (C=O) groups is 2. The van der Waals surface area contributed by atoms with Crippen LogP contribution in [0.15, 0.2) is 34.6 Å². The van der Waals surface area contributed by atoms with Gasteiger partial charge in [-0.05, 0) is 30.1 Å². The molecule has 12 nitrogen and oxygen atoms in total. The number of aromatic amines is 1. The Bertz CT molecular complexity index is 1000. The number of rotatable bonds is 7. The number of nitrogens with zero attached hydrogens (tertiary/aromatic N) is 4. The molecule has 1 unspecified atom stereocenters. The number of piperidine rings is 1. The predicted octanol–water partition coefficient (Wildman–Crippen LogP) is 0.489. The number of sulfonamides is 1. The zero-order valence-corrected chi connectivity index (χ0v) is 16.1. The number of aromatic nitrogens is 2. The van der Waals surface area contributed by atoms with Gasteiger partial charge in [0, 0.05) is 6.54 Å². The number of hydrogen-bond donors (Lipinski definition) is 3. The first kappa shape index (κ1) is 20.5. The standard InChI is InChI=1S/C16H20N6O6S/c17-14(20-28-21(9-10-23)16(24)25)13-7-3-4-8-22(13)29(26,27)15-18-11-5-1-2-6-12(11)19-15/h1-2,5-6,10,13H,3-4,7-9H2,(H2,17,20)(H,18,19)(H,24,25). The Hall–Kier alpha value is -3.19. The zero-order chi connectivity index (χ0) is 21.0. The summed E-state index contributed by atoms with van der Waals surface area (Å²) >= 11 is 0. The number of hydroxylamine groups is 2. The minimum atomic E-state index is -4.02. The van der Waals surface area contributed by atoms with Gasteiger partial charge in [0.2, 0.25) is 5.16 Å².